The lowest BCUT2D eigenvalue weighted by Crippen LogP contribution is -2.17. The molecular weight excluding hydrogens is 278 g/mol. The Labute approximate surface area is 138 Å². The van der Waals surface area contributed by atoms with Crippen LogP contribution in [0.4, 0.5) is 5.69 Å². The van der Waals surface area contributed by atoms with E-state index in [2.05, 4.69) is 85.9 Å². The SMILES string of the molecule is CC1(C)C2=C(C=CC(Nc3ccccc3)=CC2)c2ccccc21. The van der Waals surface area contributed by atoms with Gasteiger partial charge in [0.1, 0.15) is 0 Å². The van der Waals surface area contributed by atoms with Crippen molar-refractivity contribution in [1.82, 2.24) is 0 Å². The first-order valence-electron chi connectivity index (χ1n) is 8.20. The van der Waals surface area contributed by atoms with Crippen molar-refractivity contribution in [2.24, 2.45) is 0 Å². The summed E-state index contributed by atoms with van der Waals surface area (Å²) in [4.78, 5) is 0. The number of fused-ring (bicyclic) bond motifs is 2. The number of hydrogen-bond donors (Lipinski definition) is 1. The molecule has 2 aliphatic rings. The van der Waals surface area contributed by atoms with E-state index in [-0.39, 0.29) is 5.41 Å². The molecule has 0 aromatic heterocycles. The Morgan fingerprint density at radius 3 is 2.43 bits per heavy atom. The Bertz CT molecular complexity index is 835. The molecule has 114 valence electrons. The van der Waals surface area contributed by atoms with E-state index >= 15 is 0 Å². The minimum Gasteiger partial charge on any atom is -0.356 e. The van der Waals surface area contributed by atoms with Gasteiger partial charge in [0.25, 0.3) is 0 Å². The molecule has 4 rings (SSSR count). The lowest BCUT2D eigenvalue weighted by molar-refractivity contribution is 0.625. The second-order valence-electron chi connectivity index (χ2n) is 6.75. The molecule has 0 radical (unpaired) electrons. The van der Waals surface area contributed by atoms with Crippen molar-refractivity contribution in [3.8, 4) is 0 Å². The minimum atomic E-state index is 0.106. The van der Waals surface area contributed by atoms with Gasteiger partial charge in [-0.2, -0.15) is 0 Å². The van der Waals surface area contributed by atoms with Gasteiger partial charge in [0.2, 0.25) is 0 Å². The van der Waals surface area contributed by atoms with Crippen molar-refractivity contribution < 1.29 is 0 Å². The van der Waals surface area contributed by atoms with Crippen molar-refractivity contribution in [2.75, 3.05) is 5.32 Å². The second kappa shape index (κ2) is 5.27. The zero-order valence-corrected chi connectivity index (χ0v) is 13.6. The van der Waals surface area contributed by atoms with E-state index in [4.69, 9.17) is 0 Å². The molecule has 0 amide bonds. The number of rotatable bonds is 2. The van der Waals surface area contributed by atoms with E-state index in [1.165, 1.54) is 28.0 Å². The first kappa shape index (κ1) is 14.1. The average Bonchev–Trinajstić information content (AvgIpc) is 2.70. The number of para-hydroxylation sites is 1. The maximum Gasteiger partial charge on any atom is 0.0384 e. The van der Waals surface area contributed by atoms with E-state index in [9.17, 15) is 0 Å². The highest BCUT2D eigenvalue weighted by molar-refractivity contribution is 5.87. The van der Waals surface area contributed by atoms with Crippen LogP contribution in [0.1, 0.15) is 31.4 Å². The fraction of sp³-hybridized carbons (Fsp3) is 0.182. The molecule has 0 bridgehead atoms. The van der Waals surface area contributed by atoms with Gasteiger partial charge in [-0.1, -0.05) is 68.5 Å². The Morgan fingerprint density at radius 1 is 0.870 bits per heavy atom. The van der Waals surface area contributed by atoms with Gasteiger partial charge < -0.3 is 5.32 Å². The lowest BCUT2D eigenvalue weighted by Gasteiger charge is -2.24. The standard InChI is InChI=1S/C22H21N/c1-22(2)20-11-7-6-10-18(20)19-14-12-17(13-15-21(19)22)23-16-8-4-3-5-9-16/h3-14,23H,15H2,1-2H3. The Balaban J connectivity index is 1.68. The fourth-order valence-corrected chi connectivity index (χ4v) is 3.71. The number of allylic oxidation sites excluding steroid dienone is 5. The third kappa shape index (κ3) is 2.33. The van der Waals surface area contributed by atoms with Crippen LogP contribution in [0, 0.1) is 0 Å². The van der Waals surface area contributed by atoms with Crippen LogP contribution in [0.15, 0.2) is 84.1 Å². The van der Waals surface area contributed by atoms with Crippen molar-refractivity contribution in [2.45, 2.75) is 25.7 Å². The number of benzene rings is 2. The van der Waals surface area contributed by atoms with Crippen LogP contribution in [0.2, 0.25) is 0 Å². The van der Waals surface area contributed by atoms with Gasteiger partial charge in [0.15, 0.2) is 0 Å². The first-order valence-corrected chi connectivity index (χ1v) is 8.20. The molecule has 1 N–H and O–H groups in total. The van der Waals surface area contributed by atoms with Crippen LogP contribution < -0.4 is 5.32 Å². The van der Waals surface area contributed by atoms with Crippen molar-refractivity contribution in [1.29, 1.82) is 0 Å². The summed E-state index contributed by atoms with van der Waals surface area (Å²) in [5, 5.41) is 3.51. The summed E-state index contributed by atoms with van der Waals surface area (Å²) in [5.74, 6) is 0. The molecule has 2 aliphatic carbocycles. The Hall–Kier alpha value is -2.54. The van der Waals surface area contributed by atoms with Gasteiger partial charge in [-0.3, -0.25) is 0 Å². The lowest BCUT2D eigenvalue weighted by atomic mass is 9.80. The van der Waals surface area contributed by atoms with Crippen molar-refractivity contribution >= 4 is 11.3 Å². The first-order chi connectivity index (χ1) is 11.2. The molecule has 2 aromatic rings. The van der Waals surface area contributed by atoms with E-state index in [1.54, 1.807) is 0 Å². The molecular formula is C22H21N. The third-order valence-corrected chi connectivity index (χ3v) is 4.99. The topological polar surface area (TPSA) is 12.0 Å². The highest BCUT2D eigenvalue weighted by atomic mass is 14.9. The van der Waals surface area contributed by atoms with Gasteiger partial charge in [0.05, 0.1) is 0 Å². The number of hydrogen-bond acceptors (Lipinski definition) is 1. The van der Waals surface area contributed by atoms with Crippen LogP contribution in [0.3, 0.4) is 0 Å². The smallest absolute Gasteiger partial charge is 0.0384 e. The maximum absolute atomic E-state index is 3.51. The van der Waals surface area contributed by atoms with Gasteiger partial charge in [-0.05, 0) is 46.9 Å². The van der Waals surface area contributed by atoms with Gasteiger partial charge in [0, 0.05) is 16.8 Å². The molecule has 0 atom stereocenters. The largest absolute Gasteiger partial charge is 0.356 e. The molecule has 2 aromatic carbocycles. The van der Waals surface area contributed by atoms with Gasteiger partial charge in [-0.25, -0.2) is 0 Å². The summed E-state index contributed by atoms with van der Waals surface area (Å²) in [6.07, 6.45) is 7.77. The van der Waals surface area contributed by atoms with Crippen molar-refractivity contribution in [3.05, 3.63) is 95.2 Å². The van der Waals surface area contributed by atoms with E-state index in [0.29, 0.717) is 0 Å². The predicted octanol–water partition coefficient (Wildman–Crippen LogP) is 5.69. The molecule has 0 saturated carbocycles. The quantitative estimate of drug-likeness (QED) is 0.751. The van der Waals surface area contributed by atoms with E-state index in [1.807, 2.05) is 6.07 Å². The summed E-state index contributed by atoms with van der Waals surface area (Å²) in [5.41, 5.74) is 8.14. The summed E-state index contributed by atoms with van der Waals surface area (Å²) < 4.78 is 0. The average molecular weight is 299 g/mol. The number of anilines is 1. The van der Waals surface area contributed by atoms with E-state index < -0.39 is 0 Å². The van der Waals surface area contributed by atoms with Crippen LogP contribution in [-0.2, 0) is 5.41 Å². The second-order valence-corrected chi connectivity index (χ2v) is 6.75. The molecule has 0 spiro atoms. The highest BCUT2D eigenvalue weighted by Crippen LogP contribution is 2.48. The van der Waals surface area contributed by atoms with E-state index in [0.717, 1.165) is 12.1 Å². The van der Waals surface area contributed by atoms with Gasteiger partial charge >= 0.3 is 0 Å². The summed E-state index contributed by atoms with van der Waals surface area (Å²) in [6, 6.07) is 19.2. The summed E-state index contributed by atoms with van der Waals surface area (Å²) >= 11 is 0. The zero-order valence-electron chi connectivity index (χ0n) is 13.6. The normalized spacial score (nSPS) is 18.1. The number of nitrogens with one attached hydrogen (secondary N) is 1. The molecule has 0 saturated heterocycles. The highest BCUT2D eigenvalue weighted by Gasteiger charge is 2.36. The summed E-state index contributed by atoms with van der Waals surface area (Å²) in [7, 11) is 0. The molecule has 1 nitrogen and oxygen atoms in total. The Kier molecular flexibility index (Phi) is 3.23. The van der Waals surface area contributed by atoms with Crippen molar-refractivity contribution in [3.63, 3.8) is 0 Å². The molecule has 1 heteroatoms. The van der Waals surface area contributed by atoms with Crippen LogP contribution in [-0.4, -0.2) is 0 Å². The van der Waals surface area contributed by atoms with Crippen LogP contribution in [0.5, 0.6) is 0 Å². The maximum atomic E-state index is 3.51. The third-order valence-electron chi connectivity index (χ3n) is 4.99. The fourth-order valence-electron chi connectivity index (χ4n) is 3.71. The van der Waals surface area contributed by atoms with Crippen LogP contribution in [0.25, 0.3) is 5.57 Å². The predicted molar refractivity (Wildman–Crippen MR) is 98.3 cm³/mol. The molecule has 0 aliphatic heterocycles. The molecule has 23 heavy (non-hydrogen) atoms. The monoisotopic (exact) mass is 299 g/mol. The van der Waals surface area contributed by atoms with Crippen LogP contribution >= 0.6 is 0 Å². The van der Waals surface area contributed by atoms with Gasteiger partial charge in [-0.15, -0.1) is 0 Å². The molecule has 0 fully saturated rings. The zero-order chi connectivity index (χ0) is 15.9. The minimum absolute atomic E-state index is 0.106. The summed E-state index contributed by atoms with van der Waals surface area (Å²) in [6.45, 7) is 4.68. The molecule has 0 heterocycles. The molecule has 0 unspecified atom stereocenters. The Morgan fingerprint density at radius 2 is 1.61 bits per heavy atom.